The van der Waals surface area contributed by atoms with Crippen LogP contribution >= 0.6 is 0 Å². The number of likely N-dealkylation sites (N-methyl/N-ethyl adjacent to an activating group) is 1. The normalized spacial score (nSPS) is 11.4. The van der Waals surface area contributed by atoms with Crippen molar-refractivity contribution in [2.75, 3.05) is 27.2 Å². The Balaban J connectivity index is 4.15. The zero-order valence-corrected chi connectivity index (χ0v) is 9.82. The van der Waals surface area contributed by atoms with E-state index in [1.807, 2.05) is 19.0 Å². The first-order valence-corrected chi connectivity index (χ1v) is 4.77. The fraction of sp³-hybridized carbons (Fsp3) is 0.455. The van der Waals surface area contributed by atoms with Crippen molar-refractivity contribution >= 4 is 11.9 Å². The molecule has 0 aliphatic rings. The molecule has 0 saturated heterocycles. The Hall–Kier alpha value is -1.62. The summed E-state index contributed by atoms with van der Waals surface area (Å²) in [5, 5.41) is 8.59. The molecule has 0 amide bonds. The fourth-order valence-electron chi connectivity index (χ4n) is 0.796. The van der Waals surface area contributed by atoms with Crippen LogP contribution in [0.15, 0.2) is 23.8 Å². The van der Waals surface area contributed by atoms with Gasteiger partial charge in [-0.2, -0.15) is 0 Å². The molecule has 16 heavy (non-hydrogen) atoms. The molecule has 0 heterocycles. The highest BCUT2D eigenvalue weighted by Crippen LogP contribution is 2.02. The van der Waals surface area contributed by atoms with Crippen molar-refractivity contribution in [2.45, 2.75) is 6.92 Å². The quantitative estimate of drug-likeness (QED) is 0.410. The lowest BCUT2D eigenvalue weighted by molar-refractivity contribution is -0.138. The second kappa shape index (κ2) is 6.79. The molecule has 1 N–H and O–H groups in total. The summed E-state index contributed by atoms with van der Waals surface area (Å²) in [5.41, 5.74) is 0.0909. The Morgan fingerprint density at radius 2 is 2.00 bits per heavy atom. The summed E-state index contributed by atoms with van der Waals surface area (Å²) in [5.74, 6) is -1.68. The van der Waals surface area contributed by atoms with Gasteiger partial charge in [0.25, 0.3) is 0 Å². The van der Waals surface area contributed by atoms with Gasteiger partial charge in [0.15, 0.2) is 0 Å². The number of ether oxygens (including phenoxy) is 1. The Bertz CT molecular complexity index is 318. The van der Waals surface area contributed by atoms with E-state index >= 15 is 0 Å². The molecule has 0 fully saturated rings. The molecule has 0 aliphatic carbocycles. The van der Waals surface area contributed by atoms with Crippen LogP contribution in [0.2, 0.25) is 0 Å². The summed E-state index contributed by atoms with van der Waals surface area (Å²) in [6, 6.07) is 0. The average Bonchev–Trinajstić information content (AvgIpc) is 2.16. The van der Waals surface area contributed by atoms with E-state index in [2.05, 4.69) is 6.58 Å². The maximum Gasteiger partial charge on any atom is 0.337 e. The lowest BCUT2D eigenvalue weighted by Crippen LogP contribution is -2.20. The van der Waals surface area contributed by atoms with Gasteiger partial charge in [-0.1, -0.05) is 6.58 Å². The van der Waals surface area contributed by atoms with E-state index in [1.165, 1.54) is 13.0 Å². The molecular formula is C11H17NO4. The molecule has 0 rings (SSSR count). The number of hydrogen-bond acceptors (Lipinski definition) is 4. The van der Waals surface area contributed by atoms with E-state index in [0.29, 0.717) is 6.54 Å². The van der Waals surface area contributed by atoms with E-state index in [0.717, 1.165) is 0 Å². The van der Waals surface area contributed by atoms with Gasteiger partial charge in [0.2, 0.25) is 0 Å². The van der Waals surface area contributed by atoms with Crippen molar-refractivity contribution in [3.63, 3.8) is 0 Å². The van der Waals surface area contributed by atoms with Crippen molar-refractivity contribution < 1.29 is 19.4 Å². The van der Waals surface area contributed by atoms with Crippen molar-refractivity contribution in [1.29, 1.82) is 0 Å². The van der Waals surface area contributed by atoms with Crippen molar-refractivity contribution in [1.82, 2.24) is 4.90 Å². The lowest BCUT2D eigenvalue weighted by Gasteiger charge is -2.09. The second-order valence-corrected chi connectivity index (χ2v) is 3.60. The standard InChI is InChI=1S/C11H17NO4/c1-8(10(13)14)7-9(2)11(15)16-6-5-12(3)4/h7H,2,5-6H2,1,3-4H3,(H,13,14). The number of carboxylic acid groups (broad SMARTS) is 1. The van der Waals surface area contributed by atoms with Crippen LogP contribution in [0.5, 0.6) is 0 Å². The third-order valence-electron chi connectivity index (χ3n) is 1.76. The predicted molar refractivity (Wildman–Crippen MR) is 60.0 cm³/mol. The van der Waals surface area contributed by atoms with Crippen LogP contribution in [-0.2, 0) is 14.3 Å². The van der Waals surface area contributed by atoms with Gasteiger partial charge in [-0.3, -0.25) is 0 Å². The van der Waals surface area contributed by atoms with E-state index in [4.69, 9.17) is 9.84 Å². The number of carboxylic acids is 1. The fourth-order valence-corrected chi connectivity index (χ4v) is 0.796. The second-order valence-electron chi connectivity index (χ2n) is 3.60. The SMILES string of the molecule is C=C(C=C(C)C(=O)O)C(=O)OCCN(C)C. The molecule has 0 aromatic rings. The predicted octanol–water partition coefficient (Wildman–Crippen LogP) is 0.678. The summed E-state index contributed by atoms with van der Waals surface area (Å²) in [4.78, 5) is 23.7. The number of hydrogen-bond donors (Lipinski definition) is 1. The zero-order chi connectivity index (χ0) is 12.7. The van der Waals surface area contributed by atoms with Crippen LogP contribution in [-0.4, -0.2) is 49.2 Å². The maximum atomic E-state index is 11.3. The summed E-state index contributed by atoms with van der Waals surface area (Å²) in [7, 11) is 3.72. The average molecular weight is 227 g/mol. The first-order chi connectivity index (χ1) is 7.34. The molecule has 90 valence electrons. The molecule has 0 aromatic heterocycles. The van der Waals surface area contributed by atoms with Crippen LogP contribution < -0.4 is 0 Å². The van der Waals surface area contributed by atoms with E-state index in [1.54, 1.807) is 0 Å². The minimum atomic E-state index is -1.08. The van der Waals surface area contributed by atoms with Gasteiger partial charge in [0, 0.05) is 12.1 Å². The number of carbonyl (C=O) groups is 2. The monoisotopic (exact) mass is 227 g/mol. The Labute approximate surface area is 95.0 Å². The summed E-state index contributed by atoms with van der Waals surface area (Å²) in [6.45, 7) is 5.70. The Morgan fingerprint density at radius 3 is 2.44 bits per heavy atom. The van der Waals surface area contributed by atoms with Crippen LogP contribution in [0.1, 0.15) is 6.92 Å². The number of esters is 1. The molecule has 5 heteroatoms. The number of aliphatic carboxylic acids is 1. The first-order valence-electron chi connectivity index (χ1n) is 4.77. The molecule has 0 atom stereocenters. The summed E-state index contributed by atoms with van der Waals surface area (Å²) in [6.07, 6.45) is 1.19. The highest BCUT2D eigenvalue weighted by molar-refractivity contribution is 5.94. The topological polar surface area (TPSA) is 66.8 Å². The molecule has 0 spiro atoms. The summed E-state index contributed by atoms with van der Waals surface area (Å²) >= 11 is 0. The maximum absolute atomic E-state index is 11.3. The third kappa shape index (κ3) is 5.98. The minimum Gasteiger partial charge on any atom is -0.478 e. The van der Waals surface area contributed by atoms with Gasteiger partial charge in [0.1, 0.15) is 6.61 Å². The van der Waals surface area contributed by atoms with Crippen molar-refractivity contribution in [3.8, 4) is 0 Å². The van der Waals surface area contributed by atoms with E-state index < -0.39 is 11.9 Å². The Morgan fingerprint density at radius 1 is 1.44 bits per heavy atom. The highest BCUT2D eigenvalue weighted by Gasteiger charge is 2.08. The van der Waals surface area contributed by atoms with Gasteiger partial charge in [-0.05, 0) is 27.1 Å². The molecule has 0 unspecified atom stereocenters. The number of rotatable bonds is 6. The molecule has 0 radical (unpaired) electrons. The van der Waals surface area contributed by atoms with Crippen molar-refractivity contribution in [2.24, 2.45) is 0 Å². The van der Waals surface area contributed by atoms with Gasteiger partial charge in [-0.15, -0.1) is 0 Å². The molecule has 5 nitrogen and oxygen atoms in total. The molecule has 0 aromatic carbocycles. The van der Waals surface area contributed by atoms with Gasteiger partial charge in [0.05, 0.1) is 5.57 Å². The van der Waals surface area contributed by atoms with Gasteiger partial charge in [-0.25, -0.2) is 9.59 Å². The van der Waals surface area contributed by atoms with Crippen LogP contribution in [0, 0.1) is 0 Å². The number of nitrogens with zero attached hydrogens (tertiary/aromatic N) is 1. The van der Waals surface area contributed by atoms with E-state index in [-0.39, 0.29) is 17.8 Å². The molecule has 0 bridgehead atoms. The zero-order valence-electron chi connectivity index (χ0n) is 9.82. The van der Waals surface area contributed by atoms with Crippen LogP contribution in [0.4, 0.5) is 0 Å². The first kappa shape index (κ1) is 14.4. The van der Waals surface area contributed by atoms with Crippen LogP contribution in [0.25, 0.3) is 0 Å². The highest BCUT2D eigenvalue weighted by atomic mass is 16.5. The largest absolute Gasteiger partial charge is 0.478 e. The van der Waals surface area contributed by atoms with E-state index in [9.17, 15) is 9.59 Å². The van der Waals surface area contributed by atoms with Crippen molar-refractivity contribution in [3.05, 3.63) is 23.8 Å². The minimum absolute atomic E-state index is 0.0404. The lowest BCUT2D eigenvalue weighted by atomic mass is 10.2. The van der Waals surface area contributed by atoms with Gasteiger partial charge >= 0.3 is 11.9 Å². The molecule has 0 aliphatic heterocycles. The van der Waals surface area contributed by atoms with Gasteiger partial charge < -0.3 is 14.7 Å². The summed E-state index contributed by atoms with van der Waals surface area (Å²) < 4.78 is 4.88. The molecule has 0 saturated carbocycles. The third-order valence-corrected chi connectivity index (χ3v) is 1.76. The van der Waals surface area contributed by atoms with Crippen LogP contribution in [0.3, 0.4) is 0 Å². The number of carbonyl (C=O) groups excluding carboxylic acids is 1. The molecular weight excluding hydrogens is 210 g/mol. The Kier molecular flexibility index (Phi) is 6.10. The smallest absolute Gasteiger partial charge is 0.337 e.